The van der Waals surface area contributed by atoms with Crippen LogP contribution in [-0.4, -0.2) is 4.57 Å². The van der Waals surface area contributed by atoms with Gasteiger partial charge in [-0.2, -0.15) is 0 Å². The largest absolute Gasteiger partial charge is 0.311 e. The summed E-state index contributed by atoms with van der Waals surface area (Å²) in [6.45, 7) is 4.85. The van der Waals surface area contributed by atoms with Crippen LogP contribution < -0.4 is 4.90 Å². The van der Waals surface area contributed by atoms with Gasteiger partial charge >= 0.3 is 0 Å². The summed E-state index contributed by atoms with van der Waals surface area (Å²) < 4.78 is 2.52. The fourth-order valence-corrected chi connectivity index (χ4v) is 12.8. The molecule has 1 aliphatic carbocycles. The minimum Gasteiger partial charge on any atom is -0.311 e. The highest BCUT2D eigenvalue weighted by Crippen LogP contribution is 2.57. The van der Waals surface area contributed by atoms with Gasteiger partial charge in [0.2, 0.25) is 0 Å². The molecule has 0 N–H and O–H groups in total. The van der Waals surface area contributed by atoms with Crippen molar-refractivity contribution < 1.29 is 0 Å². The van der Waals surface area contributed by atoms with Crippen LogP contribution >= 0.6 is 23.5 Å². The van der Waals surface area contributed by atoms with Crippen molar-refractivity contribution >= 4 is 62.4 Å². The van der Waals surface area contributed by atoms with Gasteiger partial charge in [0, 0.05) is 58.5 Å². The number of fused-ring (bicyclic) bond motifs is 9. The molecule has 4 heteroatoms. The van der Waals surface area contributed by atoms with Gasteiger partial charge in [0.15, 0.2) is 0 Å². The van der Waals surface area contributed by atoms with Crippen LogP contribution in [0.4, 0.5) is 17.1 Å². The van der Waals surface area contributed by atoms with Crippen molar-refractivity contribution in [1.29, 1.82) is 0 Å². The third-order valence-corrected chi connectivity index (χ3v) is 16.4. The predicted octanol–water partition coefficient (Wildman–Crippen LogP) is 18.2. The molecule has 0 spiro atoms. The van der Waals surface area contributed by atoms with Crippen LogP contribution in [0.3, 0.4) is 0 Å². The molecule has 0 unspecified atom stereocenters. The van der Waals surface area contributed by atoms with Gasteiger partial charge in [-0.1, -0.05) is 189 Å². The van der Waals surface area contributed by atoms with E-state index in [4.69, 9.17) is 0 Å². The van der Waals surface area contributed by atoms with Crippen LogP contribution in [0.25, 0.3) is 72.0 Å². The Labute approximate surface area is 400 Å². The van der Waals surface area contributed by atoms with Crippen molar-refractivity contribution in [2.24, 2.45) is 0 Å². The molecule has 2 nitrogen and oxygen atoms in total. The van der Waals surface area contributed by atoms with E-state index < -0.39 is 0 Å². The molecule has 0 atom stereocenters. The van der Waals surface area contributed by atoms with Crippen molar-refractivity contribution in [3.63, 3.8) is 0 Å². The second-order valence-electron chi connectivity index (χ2n) is 18.1. The third-order valence-electron chi connectivity index (χ3n) is 13.8. The molecule has 0 saturated carbocycles. The molecule has 318 valence electrons. The first-order valence-electron chi connectivity index (χ1n) is 23.0. The molecule has 10 aromatic carbocycles. The zero-order chi connectivity index (χ0) is 44.6. The SMILES string of the molecule is CC1(C)c2cc3c(cc2-c2ccc4c5ccccc5n(-c5ccc(-c6ccc(N(c7ccc(-c8ccccc8)cc7)c7ccc(-c8ccccc8)cc7)cc6)cc5)c4c21)Sc1ccccc1S3. The Bertz CT molecular complexity index is 3580. The Morgan fingerprint density at radius 2 is 0.821 bits per heavy atom. The average molecular weight is 893 g/mol. The Morgan fingerprint density at radius 3 is 1.36 bits per heavy atom. The van der Waals surface area contributed by atoms with Gasteiger partial charge in [-0.05, 0) is 134 Å². The van der Waals surface area contributed by atoms with E-state index in [2.05, 4.69) is 254 Å². The zero-order valence-electron chi connectivity index (χ0n) is 37.2. The van der Waals surface area contributed by atoms with E-state index in [1.54, 1.807) is 0 Å². The predicted molar refractivity (Wildman–Crippen MR) is 284 cm³/mol. The summed E-state index contributed by atoms with van der Waals surface area (Å²) in [6.07, 6.45) is 0. The summed E-state index contributed by atoms with van der Waals surface area (Å²) in [6, 6.07) is 84.6. The lowest BCUT2D eigenvalue weighted by molar-refractivity contribution is 0.661. The average Bonchev–Trinajstić information content (AvgIpc) is 3.83. The fraction of sp³-hybridized carbons (Fsp3) is 0.0476. The number of anilines is 3. The molecule has 0 amide bonds. The van der Waals surface area contributed by atoms with E-state index in [9.17, 15) is 0 Å². The highest BCUT2D eigenvalue weighted by Gasteiger charge is 2.40. The number of benzene rings is 10. The van der Waals surface area contributed by atoms with Crippen LogP contribution in [0.5, 0.6) is 0 Å². The quantitative estimate of drug-likeness (QED) is 0.158. The molecule has 11 aromatic rings. The lowest BCUT2D eigenvalue weighted by Gasteiger charge is -2.26. The Morgan fingerprint density at radius 1 is 0.373 bits per heavy atom. The van der Waals surface area contributed by atoms with Crippen LogP contribution in [0.15, 0.2) is 250 Å². The second kappa shape index (κ2) is 15.8. The molecule has 1 aromatic heterocycles. The van der Waals surface area contributed by atoms with Gasteiger partial charge in [0.1, 0.15) is 0 Å². The van der Waals surface area contributed by atoms with Crippen LogP contribution in [-0.2, 0) is 5.41 Å². The molecule has 2 aliphatic rings. The van der Waals surface area contributed by atoms with Gasteiger partial charge in [-0.25, -0.2) is 0 Å². The minimum atomic E-state index is -0.197. The standard InChI is InChI=1S/C63H44N2S2/c1-63(2)55-40-60-59(66-57-19-11-12-20-58(57)67-60)39-54(55)52-37-38-53-51-17-9-10-18-56(51)65(62(53)61(52)63)50-35-27-46(28-36-50)45-25-33-49(34-26-45)64(47-29-21-43(22-30-47)41-13-5-3-6-14-41)48-31-23-44(24-32-48)42-15-7-4-8-16-42/h3-40H,1-2H3. The monoisotopic (exact) mass is 892 g/mol. The minimum absolute atomic E-state index is 0.197. The van der Waals surface area contributed by atoms with E-state index in [-0.39, 0.29) is 5.41 Å². The smallest absolute Gasteiger partial charge is 0.0588 e. The van der Waals surface area contributed by atoms with Crippen LogP contribution in [0.2, 0.25) is 0 Å². The topological polar surface area (TPSA) is 8.17 Å². The first-order valence-corrected chi connectivity index (χ1v) is 24.6. The van der Waals surface area contributed by atoms with E-state index in [1.807, 2.05) is 23.5 Å². The van der Waals surface area contributed by atoms with Crippen molar-refractivity contribution in [2.45, 2.75) is 38.8 Å². The fourth-order valence-electron chi connectivity index (χ4n) is 10.6. The molecule has 0 radical (unpaired) electrons. The van der Waals surface area contributed by atoms with Gasteiger partial charge in [0.25, 0.3) is 0 Å². The maximum absolute atomic E-state index is 2.52. The van der Waals surface area contributed by atoms with Crippen molar-refractivity contribution in [3.05, 3.63) is 242 Å². The molecule has 2 heterocycles. The molecule has 13 rings (SSSR count). The molecule has 0 fully saturated rings. The molecular weight excluding hydrogens is 849 g/mol. The summed E-state index contributed by atoms with van der Waals surface area (Å²) in [5, 5.41) is 2.58. The zero-order valence-corrected chi connectivity index (χ0v) is 38.8. The number of hydrogen-bond donors (Lipinski definition) is 0. The summed E-state index contributed by atoms with van der Waals surface area (Å²) >= 11 is 3.81. The van der Waals surface area contributed by atoms with Crippen LogP contribution in [0.1, 0.15) is 25.0 Å². The van der Waals surface area contributed by atoms with Crippen molar-refractivity contribution in [3.8, 4) is 50.2 Å². The number of para-hydroxylation sites is 1. The van der Waals surface area contributed by atoms with E-state index in [1.165, 1.54) is 97.0 Å². The molecule has 67 heavy (non-hydrogen) atoms. The normalized spacial score (nSPS) is 13.2. The summed E-state index contributed by atoms with van der Waals surface area (Å²) in [5.74, 6) is 0. The first kappa shape index (κ1) is 39.8. The number of hydrogen-bond acceptors (Lipinski definition) is 3. The van der Waals surface area contributed by atoms with E-state index in [0.717, 1.165) is 22.7 Å². The summed E-state index contributed by atoms with van der Waals surface area (Å²) in [4.78, 5) is 7.73. The summed E-state index contributed by atoms with van der Waals surface area (Å²) in [7, 11) is 0. The number of nitrogens with zero attached hydrogens (tertiary/aromatic N) is 2. The molecular formula is C63H44N2S2. The Hall–Kier alpha value is -7.50. The Balaban J connectivity index is 0.863. The lowest BCUT2D eigenvalue weighted by Crippen LogP contribution is -2.17. The second-order valence-corrected chi connectivity index (χ2v) is 20.3. The number of aromatic nitrogens is 1. The van der Waals surface area contributed by atoms with Crippen molar-refractivity contribution in [1.82, 2.24) is 4.57 Å². The van der Waals surface area contributed by atoms with E-state index in [0.29, 0.717) is 0 Å². The van der Waals surface area contributed by atoms with Gasteiger partial charge in [0.05, 0.1) is 11.0 Å². The van der Waals surface area contributed by atoms with Gasteiger partial charge in [-0.15, -0.1) is 0 Å². The number of rotatable bonds is 7. The highest BCUT2D eigenvalue weighted by molar-refractivity contribution is 8.05. The highest BCUT2D eigenvalue weighted by atomic mass is 32.2. The van der Waals surface area contributed by atoms with Crippen molar-refractivity contribution in [2.75, 3.05) is 4.90 Å². The van der Waals surface area contributed by atoms with Gasteiger partial charge < -0.3 is 9.47 Å². The molecule has 0 bridgehead atoms. The maximum Gasteiger partial charge on any atom is 0.0588 e. The Kier molecular flexibility index (Phi) is 9.42. The lowest BCUT2D eigenvalue weighted by atomic mass is 9.81. The molecule has 0 saturated heterocycles. The molecule has 1 aliphatic heterocycles. The van der Waals surface area contributed by atoms with Gasteiger partial charge in [-0.3, -0.25) is 0 Å². The van der Waals surface area contributed by atoms with Crippen LogP contribution in [0, 0.1) is 0 Å². The first-order chi connectivity index (χ1) is 33.0. The maximum atomic E-state index is 2.52. The summed E-state index contributed by atoms with van der Waals surface area (Å²) in [5.41, 5.74) is 19.5. The third kappa shape index (κ3) is 6.66. The van der Waals surface area contributed by atoms with E-state index >= 15 is 0 Å².